The van der Waals surface area contributed by atoms with E-state index in [0.29, 0.717) is 17.7 Å². The van der Waals surface area contributed by atoms with Crippen molar-refractivity contribution in [2.45, 2.75) is 38.5 Å². The number of hydrogen-bond donors (Lipinski definition) is 0. The second-order valence-electron chi connectivity index (χ2n) is 6.20. The van der Waals surface area contributed by atoms with E-state index in [2.05, 4.69) is 0 Å². The molecule has 0 bridgehead atoms. The van der Waals surface area contributed by atoms with Gasteiger partial charge in [-0.25, -0.2) is 4.39 Å². The van der Waals surface area contributed by atoms with Crippen molar-refractivity contribution in [3.8, 4) is 0 Å². The highest BCUT2D eigenvalue weighted by Gasteiger charge is 2.35. The fourth-order valence-corrected chi connectivity index (χ4v) is 3.15. The first-order chi connectivity index (χ1) is 9.74. The highest BCUT2D eigenvalue weighted by Crippen LogP contribution is 2.33. The topological polar surface area (TPSA) is 20.3 Å². The predicted octanol–water partition coefficient (Wildman–Crippen LogP) is 3.41. The Morgan fingerprint density at radius 1 is 1.25 bits per heavy atom. The van der Waals surface area contributed by atoms with Gasteiger partial charge in [0.2, 0.25) is 5.91 Å². The van der Waals surface area contributed by atoms with Crippen molar-refractivity contribution >= 4 is 5.91 Å². The first-order valence-corrected chi connectivity index (χ1v) is 7.76. The fourth-order valence-electron chi connectivity index (χ4n) is 3.15. The summed E-state index contributed by atoms with van der Waals surface area (Å²) in [6, 6.07) is 7.02. The zero-order valence-corrected chi connectivity index (χ0v) is 11.9. The second kappa shape index (κ2) is 5.94. The number of halogens is 1. The average molecular weight is 275 g/mol. The zero-order chi connectivity index (χ0) is 13.9. The van der Waals surface area contributed by atoms with Crippen LogP contribution in [0, 0.1) is 17.7 Å². The van der Waals surface area contributed by atoms with E-state index in [1.165, 1.54) is 12.5 Å². The SMILES string of the molecule is O=C(C1CC1)N1CCCC(CCc2ccccc2F)C1. The maximum atomic E-state index is 13.6. The van der Waals surface area contributed by atoms with Crippen LogP contribution in [0.15, 0.2) is 24.3 Å². The molecule has 0 spiro atoms. The lowest BCUT2D eigenvalue weighted by atomic mass is 9.91. The lowest BCUT2D eigenvalue weighted by Crippen LogP contribution is -2.40. The quantitative estimate of drug-likeness (QED) is 0.824. The summed E-state index contributed by atoms with van der Waals surface area (Å²) in [7, 11) is 0. The molecule has 1 saturated heterocycles. The molecule has 1 amide bonds. The van der Waals surface area contributed by atoms with Crippen LogP contribution in [0.2, 0.25) is 0 Å². The molecule has 3 heteroatoms. The van der Waals surface area contributed by atoms with Gasteiger partial charge in [0.15, 0.2) is 0 Å². The van der Waals surface area contributed by atoms with Crippen molar-refractivity contribution in [3.63, 3.8) is 0 Å². The Bertz CT molecular complexity index is 484. The maximum Gasteiger partial charge on any atom is 0.225 e. The molecule has 1 aliphatic heterocycles. The van der Waals surface area contributed by atoms with Gasteiger partial charge in [0, 0.05) is 19.0 Å². The second-order valence-corrected chi connectivity index (χ2v) is 6.20. The summed E-state index contributed by atoms with van der Waals surface area (Å²) in [5.74, 6) is 1.11. The Labute approximate surface area is 120 Å². The molecule has 1 unspecified atom stereocenters. The number of rotatable bonds is 4. The highest BCUT2D eigenvalue weighted by atomic mass is 19.1. The molecule has 1 saturated carbocycles. The third-order valence-corrected chi connectivity index (χ3v) is 4.54. The number of piperidine rings is 1. The van der Waals surface area contributed by atoms with Gasteiger partial charge in [0.1, 0.15) is 5.82 Å². The van der Waals surface area contributed by atoms with Crippen molar-refractivity contribution in [3.05, 3.63) is 35.6 Å². The summed E-state index contributed by atoms with van der Waals surface area (Å²) in [5.41, 5.74) is 0.804. The summed E-state index contributed by atoms with van der Waals surface area (Å²) in [4.78, 5) is 14.1. The third kappa shape index (κ3) is 3.20. The number of carbonyl (C=O) groups is 1. The molecule has 2 nitrogen and oxygen atoms in total. The minimum Gasteiger partial charge on any atom is -0.342 e. The summed E-state index contributed by atoms with van der Waals surface area (Å²) < 4.78 is 13.6. The van der Waals surface area contributed by atoms with Gasteiger partial charge in [0.05, 0.1) is 0 Å². The predicted molar refractivity (Wildman–Crippen MR) is 76.7 cm³/mol. The standard InChI is InChI=1S/C17H22FNO/c18-16-6-2-1-5-14(16)8-7-13-4-3-11-19(12-13)17(20)15-9-10-15/h1-2,5-6,13,15H,3-4,7-12H2. The lowest BCUT2D eigenvalue weighted by molar-refractivity contribution is -0.134. The smallest absolute Gasteiger partial charge is 0.225 e. The van der Waals surface area contributed by atoms with Crippen molar-refractivity contribution in [1.29, 1.82) is 0 Å². The minimum atomic E-state index is -0.103. The van der Waals surface area contributed by atoms with Crippen LogP contribution < -0.4 is 0 Å². The number of amides is 1. The molecular weight excluding hydrogens is 253 g/mol. The number of nitrogens with zero attached hydrogens (tertiary/aromatic N) is 1. The van der Waals surface area contributed by atoms with Crippen LogP contribution >= 0.6 is 0 Å². The molecule has 0 N–H and O–H groups in total. The molecular formula is C17H22FNO. The Morgan fingerprint density at radius 2 is 2.05 bits per heavy atom. The van der Waals surface area contributed by atoms with Crippen LogP contribution in [0.1, 0.15) is 37.7 Å². The first-order valence-electron chi connectivity index (χ1n) is 7.76. The van der Waals surface area contributed by atoms with Crippen LogP contribution in [-0.2, 0) is 11.2 Å². The van der Waals surface area contributed by atoms with E-state index < -0.39 is 0 Å². The molecule has 0 radical (unpaired) electrons. The van der Waals surface area contributed by atoms with E-state index in [-0.39, 0.29) is 5.82 Å². The van der Waals surface area contributed by atoms with Gasteiger partial charge >= 0.3 is 0 Å². The summed E-state index contributed by atoms with van der Waals surface area (Å²) in [5, 5.41) is 0. The Hall–Kier alpha value is -1.38. The molecule has 1 heterocycles. The third-order valence-electron chi connectivity index (χ3n) is 4.54. The fraction of sp³-hybridized carbons (Fsp3) is 0.588. The van der Waals surface area contributed by atoms with E-state index in [9.17, 15) is 9.18 Å². The van der Waals surface area contributed by atoms with Crippen molar-refractivity contribution in [1.82, 2.24) is 4.90 Å². The highest BCUT2D eigenvalue weighted by molar-refractivity contribution is 5.81. The lowest BCUT2D eigenvalue weighted by Gasteiger charge is -2.33. The Morgan fingerprint density at radius 3 is 2.80 bits per heavy atom. The molecule has 0 aromatic heterocycles. The molecule has 3 rings (SSSR count). The summed E-state index contributed by atoms with van der Waals surface area (Å²) >= 11 is 0. The van der Waals surface area contributed by atoms with Crippen LogP contribution in [0.25, 0.3) is 0 Å². The van der Waals surface area contributed by atoms with Gasteiger partial charge in [-0.15, -0.1) is 0 Å². The van der Waals surface area contributed by atoms with Gasteiger partial charge < -0.3 is 4.90 Å². The largest absolute Gasteiger partial charge is 0.342 e. The van der Waals surface area contributed by atoms with Crippen molar-refractivity contribution in [2.24, 2.45) is 11.8 Å². The molecule has 20 heavy (non-hydrogen) atoms. The number of likely N-dealkylation sites (tertiary alicyclic amines) is 1. The first kappa shape index (κ1) is 13.6. The van der Waals surface area contributed by atoms with Gasteiger partial charge in [0.25, 0.3) is 0 Å². The average Bonchev–Trinajstić information content (AvgIpc) is 3.31. The summed E-state index contributed by atoms with van der Waals surface area (Å²) in [6.07, 6.45) is 6.19. The minimum absolute atomic E-state index is 0.103. The van der Waals surface area contributed by atoms with E-state index in [0.717, 1.165) is 50.8 Å². The number of carbonyl (C=O) groups excluding carboxylic acids is 1. The maximum absolute atomic E-state index is 13.6. The van der Waals surface area contributed by atoms with Crippen LogP contribution in [0.4, 0.5) is 4.39 Å². The monoisotopic (exact) mass is 275 g/mol. The van der Waals surface area contributed by atoms with E-state index in [4.69, 9.17) is 0 Å². The number of aryl methyl sites for hydroxylation is 1. The number of benzene rings is 1. The van der Waals surface area contributed by atoms with E-state index in [1.807, 2.05) is 17.0 Å². The van der Waals surface area contributed by atoms with Crippen molar-refractivity contribution in [2.75, 3.05) is 13.1 Å². The Balaban J connectivity index is 1.52. The molecule has 1 aromatic carbocycles. The molecule has 2 aliphatic rings. The normalized spacial score (nSPS) is 22.9. The van der Waals surface area contributed by atoms with E-state index in [1.54, 1.807) is 6.07 Å². The molecule has 1 aromatic rings. The van der Waals surface area contributed by atoms with Gasteiger partial charge in [-0.2, -0.15) is 0 Å². The molecule has 1 atom stereocenters. The van der Waals surface area contributed by atoms with Gasteiger partial charge in [-0.1, -0.05) is 18.2 Å². The number of hydrogen-bond acceptors (Lipinski definition) is 1. The van der Waals surface area contributed by atoms with Crippen LogP contribution in [-0.4, -0.2) is 23.9 Å². The van der Waals surface area contributed by atoms with Gasteiger partial charge in [-0.3, -0.25) is 4.79 Å². The van der Waals surface area contributed by atoms with Crippen molar-refractivity contribution < 1.29 is 9.18 Å². The molecule has 1 aliphatic carbocycles. The van der Waals surface area contributed by atoms with Crippen LogP contribution in [0.5, 0.6) is 0 Å². The zero-order valence-electron chi connectivity index (χ0n) is 11.9. The molecule has 108 valence electrons. The van der Waals surface area contributed by atoms with E-state index >= 15 is 0 Å². The van der Waals surface area contributed by atoms with Crippen LogP contribution in [0.3, 0.4) is 0 Å². The van der Waals surface area contributed by atoms with Gasteiger partial charge in [-0.05, 0) is 56.1 Å². The Kier molecular flexibility index (Phi) is 4.04. The summed E-state index contributed by atoms with van der Waals surface area (Å²) in [6.45, 7) is 1.80. The molecule has 2 fully saturated rings.